The van der Waals surface area contributed by atoms with Crippen LogP contribution in [0.25, 0.3) is 17.1 Å². The zero-order valence-corrected chi connectivity index (χ0v) is 17.9. The highest BCUT2D eigenvalue weighted by molar-refractivity contribution is 6.30. The standard InChI is InChI=1S/C22H19ClN4O4/c1-13-20(25-26-27(13)18-6-4-5-7-19(18)29-3)22(28)30-12-17-14(2)31-21(24-17)15-8-10-16(23)11-9-15/h4-11H,12H2,1-3H3. The van der Waals surface area contributed by atoms with Gasteiger partial charge in [-0.2, -0.15) is 0 Å². The van der Waals surface area contributed by atoms with Gasteiger partial charge in [-0.25, -0.2) is 14.5 Å². The third-order valence-corrected chi connectivity index (χ3v) is 4.98. The molecule has 0 bridgehead atoms. The molecule has 0 fully saturated rings. The van der Waals surface area contributed by atoms with Crippen LogP contribution in [0.1, 0.15) is 27.6 Å². The maximum atomic E-state index is 12.6. The quantitative estimate of drug-likeness (QED) is 0.407. The second-order valence-corrected chi connectivity index (χ2v) is 7.15. The molecular formula is C22H19ClN4O4. The molecule has 2 aromatic carbocycles. The summed E-state index contributed by atoms with van der Waals surface area (Å²) in [5.74, 6) is 1.00. The van der Waals surface area contributed by atoms with Gasteiger partial charge in [-0.1, -0.05) is 28.9 Å². The molecule has 4 rings (SSSR count). The first-order chi connectivity index (χ1) is 15.0. The molecular weight excluding hydrogens is 420 g/mol. The first-order valence-electron chi connectivity index (χ1n) is 9.43. The molecule has 31 heavy (non-hydrogen) atoms. The normalized spacial score (nSPS) is 10.8. The summed E-state index contributed by atoms with van der Waals surface area (Å²) in [6.07, 6.45) is 0. The van der Waals surface area contributed by atoms with Crippen LogP contribution < -0.4 is 4.74 Å². The Morgan fingerprint density at radius 2 is 1.87 bits per heavy atom. The molecule has 8 nitrogen and oxygen atoms in total. The summed E-state index contributed by atoms with van der Waals surface area (Å²) in [4.78, 5) is 17.0. The minimum absolute atomic E-state index is 0.0529. The van der Waals surface area contributed by atoms with Crippen LogP contribution in [0.15, 0.2) is 52.9 Å². The molecule has 0 saturated heterocycles. The number of halogens is 1. The van der Waals surface area contributed by atoms with E-state index in [0.717, 1.165) is 5.56 Å². The number of carbonyl (C=O) groups is 1. The number of carbonyl (C=O) groups excluding carboxylic acids is 1. The van der Waals surface area contributed by atoms with E-state index in [4.69, 9.17) is 25.5 Å². The summed E-state index contributed by atoms with van der Waals surface area (Å²) in [6.45, 7) is 3.45. The van der Waals surface area contributed by atoms with Crippen LogP contribution in [0.3, 0.4) is 0 Å². The van der Waals surface area contributed by atoms with Gasteiger partial charge in [-0.3, -0.25) is 0 Å². The smallest absolute Gasteiger partial charge is 0.361 e. The van der Waals surface area contributed by atoms with E-state index in [1.165, 1.54) is 4.68 Å². The Morgan fingerprint density at radius 3 is 2.61 bits per heavy atom. The first-order valence-corrected chi connectivity index (χ1v) is 9.80. The van der Waals surface area contributed by atoms with Gasteiger partial charge in [0.05, 0.1) is 12.8 Å². The summed E-state index contributed by atoms with van der Waals surface area (Å²) in [7, 11) is 1.57. The Kier molecular flexibility index (Phi) is 5.73. The van der Waals surface area contributed by atoms with Crippen molar-refractivity contribution in [1.29, 1.82) is 0 Å². The van der Waals surface area contributed by atoms with Crippen molar-refractivity contribution in [3.63, 3.8) is 0 Å². The van der Waals surface area contributed by atoms with Gasteiger partial charge in [0.1, 0.15) is 29.5 Å². The number of benzene rings is 2. The lowest BCUT2D eigenvalue weighted by atomic mass is 10.2. The number of hydrogen-bond acceptors (Lipinski definition) is 7. The lowest BCUT2D eigenvalue weighted by molar-refractivity contribution is 0.0459. The molecule has 0 amide bonds. The third-order valence-electron chi connectivity index (χ3n) is 4.73. The summed E-state index contributed by atoms with van der Waals surface area (Å²) >= 11 is 5.92. The Balaban J connectivity index is 1.50. The Hall–Kier alpha value is -3.65. The SMILES string of the molecule is COc1ccccc1-n1nnc(C(=O)OCc2nc(-c3ccc(Cl)cc3)oc2C)c1C. The summed E-state index contributed by atoms with van der Waals surface area (Å²) in [6, 6.07) is 14.5. The lowest BCUT2D eigenvalue weighted by Crippen LogP contribution is -2.09. The second-order valence-electron chi connectivity index (χ2n) is 6.71. The van der Waals surface area contributed by atoms with Crippen molar-refractivity contribution in [2.75, 3.05) is 7.11 Å². The van der Waals surface area contributed by atoms with Gasteiger partial charge in [0.2, 0.25) is 5.89 Å². The average Bonchev–Trinajstić information content (AvgIpc) is 3.35. The van der Waals surface area contributed by atoms with Gasteiger partial charge >= 0.3 is 5.97 Å². The molecule has 0 N–H and O–H groups in total. The topological polar surface area (TPSA) is 92.3 Å². The van der Waals surface area contributed by atoms with Crippen LogP contribution in [0.4, 0.5) is 0 Å². The molecule has 0 atom stereocenters. The second kappa shape index (κ2) is 8.61. The zero-order chi connectivity index (χ0) is 22.0. The maximum absolute atomic E-state index is 12.6. The Labute approximate surface area is 183 Å². The van der Waals surface area contributed by atoms with Crippen LogP contribution in [-0.2, 0) is 11.3 Å². The van der Waals surface area contributed by atoms with Gasteiger partial charge < -0.3 is 13.9 Å². The van der Waals surface area contributed by atoms with Crippen molar-refractivity contribution in [2.24, 2.45) is 0 Å². The van der Waals surface area contributed by atoms with Crippen molar-refractivity contribution in [2.45, 2.75) is 20.5 Å². The number of methoxy groups -OCH3 is 1. The number of rotatable bonds is 6. The molecule has 0 spiro atoms. The molecule has 0 aliphatic carbocycles. The average molecular weight is 439 g/mol. The van der Waals surface area contributed by atoms with Crippen molar-refractivity contribution >= 4 is 17.6 Å². The Morgan fingerprint density at radius 1 is 1.13 bits per heavy atom. The van der Waals surface area contributed by atoms with E-state index in [2.05, 4.69) is 15.3 Å². The van der Waals surface area contributed by atoms with Crippen LogP contribution in [0.2, 0.25) is 5.02 Å². The van der Waals surface area contributed by atoms with Gasteiger partial charge in [0.15, 0.2) is 5.69 Å². The van der Waals surface area contributed by atoms with E-state index in [1.54, 1.807) is 39.2 Å². The molecule has 4 aromatic rings. The predicted octanol–water partition coefficient (Wildman–Crippen LogP) is 4.56. The van der Waals surface area contributed by atoms with E-state index < -0.39 is 5.97 Å². The van der Waals surface area contributed by atoms with Gasteiger partial charge in [0.25, 0.3) is 0 Å². The molecule has 0 aliphatic rings. The molecule has 2 heterocycles. The molecule has 0 saturated carbocycles. The number of esters is 1. The highest BCUT2D eigenvalue weighted by Gasteiger charge is 2.21. The zero-order valence-electron chi connectivity index (χ0n) is 17.1. The number of nitrogens with zero attached hydrogens (tertiary/aromatic N) is 4. The molecule has 158 valence electrons. The number of aromatic nitrogens is 4. The molecule has 2 aromatic heterocycles. The number of hydrogen-bond donors (Lipinski definition) is 0. The molecule has 0 unspecified atom stereocenters. The highest BCUT2D eigenvalue weighted by Crippen LogP contribution is 2.25. The Bertz CT molecular complexity index is 1230. The maximum Gasteiger partial charge on any atom is 0.361 e. The fourth-order valence-electron chi connectivity index (χ4n) is 3.03. The van der Waals surface area contributed by atoms with Crippen LogP contribution >= 0.6 is 11.6 Å². The van der Waals surface area contributed by atoms with Crippen molar-refractivity contribution < 1.29 is 18.7 Å². The van der Waals surface area contributed by atoms with E-state index in [1.807, 2.05) is 30.3 Å². The number of aryl methyl sites for hydroxylation is 1. The summed E-state index contributed by atoms with van der Waals surface area (Å²) < 4.78 is 18.0. The fraction of sp³-hybridized carbons (Fsp3) is 0.182. The number of ether oxygens (including phenoxy) is 2. The molecule has 0 aliphatic heterocycles. The van der Waals surface area contributed by atoms with Crippen molar-refractivity contribution in [3.8, 4) is 22.9 Å². The first kappa shape index (κ1) is 20.6. The largest absolute Gasteiger partial charge is 0.494 e. The van der Waals surface area contributed by atoms with E-state index in [9.17, 15) is 4.79 Å². The third kappa shape index (κ3) is 4.15. The number of para-hydroxylation sites is 2. The van der Waals surface area contributed by atoms with Gasteiger partial charge in [0, 0.05) is 10.6 Å². The molecule has 0 radical (unpaired) electrons. The summed E-state index contributed by atoms with van der Waals surface area (Å²) in [5, 5.41) is 8.69. The van der Waals surface area contributed by atoms with Gasteiger partial charge in [-0.15, -0.1) is 5.10 Å². The van der Waals surface area contributed by atoms with E-state index in [-0.39, 0.29) is 12.3 Å². The minimum Gasteiger partial charge on any atom is -0.494 e. The highest BCUT2D eigenvalue weighted by atomic mass is 35.5. The minimum atomic E-state index is -0.603. The van der Waals surface area contributed by atoms with Crippen LogP contribution in [0.5, 0.6) is 5.75 Å². The van der Waals surface area contributed by atoms with E-state index >= 15 is 0 Å². The van der Waals surface area contributed by atoms with Gasteiger partial charge in [-0.05, 0) is 50.2 Å². The monoisotopic (exact) mass is 438 g/mol. The predicted molar refractivity (Wildman–Crippen MR) is 113 cm³/mol. The summed E-state index contributed by atoms with van der Waals surface area (Å²) in [5.41, 5.74) is 2.63. The molecule has 9 heteroatoms. The van der Waals surface area contributed by atoms with Crippen LogP contribution in [0, 0.1) is 13.8 Å². The van der Waals surface area contributed by atoms with Crippen molar-refractivity contribution in [3.05, 3.63) is 76.4 Å². The van der Waals surface area contributed by atoms with Crippen LogP contribution in [-0.4, -0.2) is 33.1 Å². The van der Waals surface area contributed by atoms with E-state index in [0.29, 0.717) is 39.5 Å². The van der Waals surface area contributed by atoms with Crippen molar-refractivity contribution in [1.82, 2.24) is 20.0 Å². The fourth-order valence-corrected chi connectivity index (χ4v) is 3.16. The number of oxazole rings is 1. The lowest BCUT2D eigenvalue weighted by Gasteiger charge is -2.08.